The van der Waals surface area contributed by atoms with E-state index in [1.807, 2.05) is 0 Å². The van der Waals surface area contributed by atoms with E-state index in [9.17, 15) is 4.79 Å². The smallest absolute Gasteiger partial charge is 0.305 e. The third-order valence-corrected chi connectivity index (χ3v) is 6.87. The minimum absolute atomic E-state index is 0.0218. The molecule has 0 aliphatic rings. The third kappa shape index (κ3) is 26.2. The van der Waals surface area contributed by atoms with Gasteiger partial charge in [-0.05, 0) is 45.1 Å². The van der Waals surface area contributed by atoms with E-state index in [0.29, 0.717) is 25.7 Å². The topological polar surface area (TPSA) is 87.6 Å². The van der Waals surface area contributed by atoms with Crippen LogP contribution in [-0.4, -0.2) is 37.9 Å². The fourth-order valence-electron chi connectivity index (χ4n) is 4.49. The molecule has 0 rings (SSSR count). The molecule has 5 nitrogen and oxygen atoms in total. The van der Waals surface area contributed by atoms with Crippen LogP contribution in [-0.2, 0) is 14.3 Å². The molecule has 0 saturated carbocycles. The largest absolute Gasteiger partial charge is 0.466 e. The van der Waals surface area contributed by atoms with Gasteiger partial charge >= 0.3 is 5.97 Å². The van der Waals surface area contributed by atoms with Crippen molar-refractivity contribution in [3.63, 3.8) is 0 Å². The van der Waals surface area contributed by atoms with Crippen molar-refractivity contribution in [2.45, 2.75) is 167 Å². The standard InChI is InChI=1S/C30H62N2O3/c1-3-5-7-9-11-15-22-29(35-27-28(32)21-18-19-25-31)23-16-12-13-17-24-30(33)34-26-20-14-10-8-6-4-2/h28-29H,3-27,31-32H2,1-2H3. The summed E-state index contributed by atoms with van der Waals surface area (Å²) in [6.45, 7) is 6.49. The van der Waals surface area contributed by atoms with Gasteiger partial charge in [-0.1, -0.05) is 110 Å². The van der Waals surface area contributed by atoms with Crippen LogP contribution >= 0.6 is 0 Å². The van der Waals surface area contributed by atoms with Gasteiger partial charge in [-0.25, -0.2) is 0 Å². The number of hydrogen-bond acceptors (Lipinski definition) is 5. The quantitative estimate of drug-likeness (QED) is 0.0847. The molecule has 2 atom stereocenters. The lowest BCUT2D eigenvalue weighted by molar-refractivity contribution is -0.143. The van der Waals surface area contributed by atoms with E-state index in [-0.39, 0.29) is 12.0 Å². The molecule has 0 bridgehead atoms. The summed E-state index contributed by atoms with van der Waals surface area (Å²) in [4.78, 5) is 11.9. The first-order valence-corrected chi connectivity index (χ1v) is 15.4. The van der Waals surface area contributed by atoms with Crippen LogP contribution in [0.4, 0.5) is 0 Å². The number of nitrogens with two attached hydrogens (primary N) is 2. The van der Waals surface area contributed by atoms with Gasteiger partial charge in [-0.15, -0.1) is 0 Å². The first-order chi connectivity index (χ1) is 17.1. The van der Waals surface area contributed by atoms with Crippen LogP contribution in [0.2, 0.25) is 0 Å². The summed E-state index contributed by atoms with van der Waals surface area (Å²) < 4.78 is 11.6. The summed E-state index contributed by atoms with van der Waals surface area (Å²) in [5.74, 6) is -0.0218. The van der Waals surface area contributed by atoms with E-state index < -0.39 is 0 Å². The van der Waals surface area contributed by atoms with Crippen LogP contribution in [0.3, 0.4) is 0 Å². The van der Waals surface area contributed by atoms with Crippen LogP contribution in [0, 0.1) is 0 Å². The van der Waals surface area contributed by atoms with Gasteiger partial charge in [-0.3, -0.25) is 4.79 Å². The highest BCUT2D eigenvalue weighted by Gasteiger charge is 2.12. The number of hydrogen-bond donors (Lipinski definition) is 2. The summed E-state index contributed by atoms with van der Waals surface area (Å²) in [5, 5.41) is 0. The number of carbonyl (C=O) groups excluding carboxylic acids is 1. The molecule has 0 saturated heterocycles. The Kier molecular flexibility index (Phi) is 27.4. The number of unbranched alkanes of at least 4 members (excludes halogenated alkanes) is 14. The number of esters is 1. The molecule has 0 aliphatic heterocycles. The molecular weight excluding hydrogens is 436 g/mol. The molecule has 0 aromatic heterocycles. The molecule has 0 radical (unpaired) electrons. The molecule has 0 spiro atoms. The van der Waals surface area contributed by atoms with Crippen molar-refractivity contribution in [1.29, 1.82) is 0 Å². The Bertz CT molecular complexity index is 434. The predicted octanol–water partition coefficient (Wildman–Crippen LogP) is 7.82. The Balaban J connectivity index is 3.93. The first kappa shape index (κ1) is 34.4. The van der Waals surface area contributed by atoms with E-state index in [2.05, 4.69) is 13.8 Å². The van der Waals surface area contributed by atoms with E-state index in [1.165, 1.54) is 70.6 Å². The van der Waals surface area contributed by atoms with Crippen molar-refractivity contribution >= 4 is 5.97 Å². The molecule has 4 N–H and O–H groups in total. The Hall–Kier alpha value is -0.650. The second-order valence-corrected chi connectivity index (χ2v) is 10.5. The highest BCUT2D eigenvalue weighted by molar-refractivity contribution is 5.69. The van der Waals surface area contributed by atoms with Crippen LogP contribution in [0.5, 0.6) is 0 Å². The van der Waals surface area contributed by atoms with Crippen molar-refractivity contribution < 1.29 is 14.3 Å². The van der Waals surface area contributed by atoms with E-state index in [4.69, 9.17) is 20.9 Å². The van der Waals surface area contributed by atoms with Gasteiger partial charge in [0, 0.05) is 12.5 Å². The summed E-state index contributed by atoms with van der Waals surface area (Å²) >= 11 is 0. The van der Waals surface area contributed by atoms with Crippen LogP contribution in [0.1, 0.15) is 155 Å². The molecule has 0 aliphatic carbocycles. The zero-order chi connectivity index (χ0) is 25.8. The highest BCUT2D eigenvalue weighted by atomic mass is 16.5. The zero-order valence-corrected chi connectivity index (χ0v) is 23.7. The molecule has 2 unspecified atom stereocenters. The van der Waals surface area contributed by atoms with Gasteiger partial charge in [0.1, 0.15) is 0 Å². The molecule has 0 aromatic rings. The Morgan fingerprint density at radius 3 is 1.77 bits per heavy atom. The molecule has 5 heteroatoms. The summed E-state index contributed by atoms with van der Waals surface area (Å²) in [6.07, 6.45) is 25.8. The fourth-order valence-corrected chi connectivity index (χ4v) is 4.49. The third-order valence-electron chi connectivity index (χ3n) is 6.87. The molecule has 210 valence electrons. The summed E-state index contributed by atoms with van der Waals surface area (Å²) in [5.41, 5.74) is 11.8. The van der Waals surface area contributed by atoms with Crippen LogP contribution in [0.15, 0.2) is 0 Å². The van der Waals surface area contributed by atoms with Crippen molar-refractivity contribution in [3.8, 4) is 0 Å². The average Bonchev–Trinajstić information content (AvgIpc) is 2.85. The maximum absolute atomic E-state index is 11.9. The molecule has 0 aromatic carbocycles. The monoisotopic (exact) mass is 498 g/mol. The Labute approximate surface area is 218 Å². The van der Waals surface area contributed by atoms with Gasteiger partial charge in [-0.2, -0.15) is 0 Å². The fraction of sp³-hybridized carbons (Fsp3) is 0.967. The molecule has 0 heterocycles. The van der Waals surface area contributed by atoms with Crippen molar-refractivity contribution in [1.82, 2.24) is 0 Å². The van der Waals surface area contributed by atoms with Gasteiger partial charge < -0.3 is 20.9 Å². The van der Waals surface area contributed by atoms with E-state index in [1.54, 1.807) is 0 Å². The number of rotatable bonds is 28. The second-order valence-electron chi connectivity index (χ2n) is 10.5. The predicted molar refractivity (Wildman–Crippen MR) is 151 cm³/mol. The van der Waals surface area contributed by atoms with Crippen molar-refractivity contribution in [3.05, 3.63) is 0 Å². The maximum Gasteiger partial charge on any atom is 0.305 e. The average molecular weight is 499 g/mol. The highest BCUT2D eigenvalue weighted by Crippen LogP contribution is 2.17. The van der Waals surface area contributed by atoms with Crippen molar-refractivity contribution in [2.75, 3.05) is 19.8 Å². The lowest BCUT2D eigenvalue weighted by atomic mass is 10.0. The first-order valence-electron chi connectivity index (χ1n) is 15.4. The molecule has 0 amide bonds. The summed E-state index contributed by atoms with van der Waals surface area (Å²) in [7, 11) is 0. The molecule has 35 heavy (non-hydrogen) atoms. The van der Waals surface area contributed by atoms with Crippen LogP contribution < -0.4 is 11.5 Å². The molecule has 0 fully saturated rings. The maximum atomic E-state index is 11.9. The lowest BCUT2D eigenvalue weighted by Crippen LogP contribution is -2.29. The minimum atomic E-state index is -0.0218. The second kappa shape index (κ2) is 27.9. The lowest BCUT2D eigenvalue weighted by Gasteiger charge is -2.21. The normalized spacial score (nSPS) is 13.1. The van der Waals surface area contributed by atoms with Gasteiger partial charge in [0.15, 0.2) is 0 Å². The molecular formula is C30H62N2O3. The van der Waals surface area contributed by atoms with Gasteiger partial charge in [0.25, 0.3) is 0 Å². The van der Waals surface area contributed by atoms with Gasteiger partial charge in [0.05, 0.1) is 19.3 Å². The number of ether oxygens (including phenoxy) is 2. The van der Waals surface area contributed by atoms with Gasteiger partial charge in [0.2, 0.25) is 0 Å². The SMILES string of the molecule is CCCCCCCCOC(=O)CCCCCCC(CCCCCCCC)OCC(N)CCCCN. The minimum Gasteiger partial charge on any atom is -0.466 e. The van der Waals surface area contributed by atoms with E-state index >= 15 is 0 Å². The summed E-state index contributed by atoms with van der Waals surface area (Å²) in [6, 6.07) is 0.121. The van der Waals surface area contributed by atoms with E-state index in [0.717, 1.165) is 70.8 Å². The van der Waals surface area contributed by atoms with Crippen LogP contribution in [0.25, 0.3) is 0 Å². The Morgan fingerprint density at radius 1 is 0.657 bits per heavy atom. The zero-order valence-electron chi connectivity index (χ0n) is 23.7. The number of carbonyl (C=O) groups is 1. The van der Waals surface area contributed by atoms with Crippen molar-refractivity contribution in [2.24, 2.45) is 11.5 Å². The Morgan fingerprint density at radius 2 is 1.17 bits per heavy atom.